The lowest BCUT2D eigenvalue weighted by atomic mass is 9.97. The van der Waals surface area contributed by atoms with Crippen LogP contribution in [0.15, 0.2) is 0 Å². The third-order valence-electron chi connectivity index (χ3n) is 6.54. The number of carbonyl (C=O) groups is 2. The van der Waals surface area contributed by atoms with E-state index in [2.05, 4.69) is 27.7 Å². The highest BCUT2D eigenvalue weighted by molar-refractivity contribution is 5.73. The van der Waals surface area contributed by atoms with Crippen molar-refractivity contribution in [1.29, 1.82) is 0 Å². The average molecular weight is 563 g/mol. The molecule has 39 heavy (non-hydrogen) atoms. The molecule has 0 aliphatic carbocycles. The minimum absolute atomic E-state index is 0.0829. The summed E-state index contributed by atoms with van der Waals surface area (Å²) in [5.41, 5.74) is -1.72. The Kier molecular flexibility index (Phi) is 18.1. The Bertz CT molecular complexity index is 670. The molecule has 0 aromatic rings. The van der Waals surface area contributed by atoms with Gasteiger partial charge in [-0.3, -0.25) is 9.59 Å². The molecular formula is C29H54O10. The van der Waals surface area contributed by atoms with Gasteiger partial charge in [-0.25, -0.2) is 0 Å². The van der Waals surface area contributed by atoms with Gasteiger partial charge in [0, 0.05) is 19.8 Å². The first-order valence-electron chi connectivity index (χ1n) is 14.8. The summed E-state index contributed by atoms with van der Waals surface area (Å²) < 4.78 is 37.2. The van der Waals surface area contributed by atoms with Crippen LogP contribution in [-0.2, 0) is 38.0 Å². The molecule has 1 rings (SSSR count). The van der Waals surface area contributed by atoms with Crippen LogP contribution in [0.3, 0.4) is 0 Å². The lowest BCUT2D eigenvalue weighted by Gasteiger charge is -2.46. The Morgan fingerprint density at radius 3 is 1.90 bits per heavy atom. The number of aliphatic hydroxyl groups is 1. The third-order valence-corrected chi connectivity index (χ3v) is 6.54. The Balaban J connectivity index is 3.20. The Hall–Kier alpha value is -1.30. The molecule has 1 fully saturated rings. The number of ether oxygens (including phenoxy) is 6. The van der Waals surface area contributed by atoms with Gasteiger partial charge in [-0.2, -0.15) is 0 Å². The maximum Gasteiger partial charge on any atom is 0.308 e. The molecule has 1 aliphatic heterocycles. The van der Waals surface area contributed by atoms with E-state index in [-0.39, 0.29) is 12.7 Å². The normalized spacial score (nSPS) is 25.7. The Morgan fingerprint density at radius 1 is 0.846 bits per heavy atom. The van der Waals surface area contributed by atoms with Crippen molar-refractivity contribution >= 4 is 11.9 Å². The van der Waals surface area contributed by atoms with Gasteiger partial charge >= 0.3 is 11.9 Å². The van der Waals surface area contributed by atoms with Gasteiger partial charge in [0.25, 0.3) is 0 Å². The van der Waals surface area contributed by atoms with Crippen molar-refractivity contribution in [2.24, 2.45) is 0 Å². The summed E-state index contributed by atoms with van der Waals surface area (Å²) in [5.74, 6) is -1.92. The molecule has 10 nitrogen and oxygen atoms in total. The summed E-state index contributed by atoms with van der Waals surface area (Å²) in [7, 11) is 0. The van der Waals surface area contributed by atoms with E-state index < -0.39 is 61.1 Å². The SMILES string of the molecule is CCCCO[C@@H]1[C@@H](OCCCC)[C@H](O[C@H](C)CCC)O[C@H](COC(=O)CC(C)(O)CC(=O)O)[C@H]1OCCCC. The molecule has 10 heteroatoms. The molecule has 0 saturated carbocycles. The zero-order valence-corrected chi connectivity index (χ0v) is 25.0. The topological polar surface area (TPSA) is 130 Å². The van der Waals surface area contributed by atoms with E-state index in [0.717, 1.165) is 51.4 Å². The fourth-order valence-electron chi connectivity index (χ4n) is 4.41. The molecule has 7 atom stereocenters. The van der Waals surface area contributed by atoms with Gasteiger partial charge in [-0.15, -0.1) is 0 Å². The fourth-order valence-corrected chi connectivity index (χ4v) is 4.41. The Morgan fingerprint density at radius 2 is 1.38 bits per heavy atom. The lowest BCUT2D eigenvalue weighted by molar-refractivity contribution is -0.330. The van der Waals surface area contributed by atoms with Crippen LogP contribution < -0.4 is 0 Å². The molecule has 0 aromatic heterocycles. The average Bonchev–Trinajstić information content (AvgIpc) is 2.84. The van der Waals surface area contributed by atoms with Gasteiger partial charge in [0.15, 0.2) is 6.29 Å². The van der Waals surface area contributed by atoms with Crippen LogP contribution in [-0.4, -0.2) is 91.0 Å². The van der Waals surface area contributed by atoms with E-state index in [4.69, 9.17) is 33.5 Å². The first-order valence-corrected chi connectivity index (χ1v) is 14.8. The first kappa shape index (κ1) is 35.7. The van der Waals surface area contributed by atoms with Gasteiger partial charge in [0.1, 0.15) is 31.0 Å². The van der Waals surface area contributed by atoms with E-state index in [9.17, 15) is 14.7 Å². The highest BCUT2D eigenvalue weighted by Gasteiger charge is 2.49. The first-order chi connectivity index (χ1) is 18.6. The molecule has 0 amide bonds. The quantitative estimate of drug-likeness (QED) is 0.142. The molecule has 0 aromatic carbocycles. The minimum atomic E-state index is -1.72. The fraction of sp³-hybridized carbons (Fsp3) is 0.931. The van der Waals surface area contributed by atoms with Crippen molar-refractivity contribution in [3.8, 4) is 0 Å². The summed E-state index contributed by atoms with van der Waals surface area (Å²) >= 11 is 0. The number of unbranched alkanes of at least 4 members (excludes halogenated alkanes) is 3. The third kappa shape index (κ3) is 14.2. The molecule has 2 N–H and O–H groups in total. The number of hydrogen-bond acceptors (Lipinski definition) is 9. The monoisotopic (exact) mass is 562 g/mol. The maximum absolute atomic E-state index is 12.6. The smallest absolute Gasteiger partial charge is 0.308 e. The van der Waals surface area contributed by atoms with Crippen LogP contribution in [0, 0.1) is 0 Å². The van der Waals surface area contributed by atoms with Gasteiger partial charge in [-0.05, 0) is 39.5 Å². The van der Waals surface area contributed by atoms with E-state index in [1.165, 1.54) is 6.92 Å². The molecule has 0 radical (unpaired) electrons. The molecule has 1 heterocycles. The van der Waals surface area contributed by atoms with Crippen LogP contribution in [0.1, 0.15) is 106 Å². The van der Waals surface area contributed by atoms with E-state index in [0.29, 0.717) is 19.8 Å². The minimum Gasteiger partial charge on any atom is -0.481 e. The van der Waals surface area contributed by atoms with Crippen LogP contribution in [0.25, 0.3) is 0 Å². The summed E-state index contributed by atoms with van der Waals surface area (Å²) in [6.45, 7) is 13.0. The second-order valence-corrected chi connectivity index (χ2v) is 10.8. The highest BCUT2D eigenvalue weighted by atomic mass is 16.7. The van der Waals surface area contributed by atoms with Gasteiger partial charge in [-0.1, -0.05) is 53.4 Å². The van der Waals surface area contributed by atoms with E-state index in [1.807, 2.05) is 6.92 Å². The van der Waals surface area contributed by atoms with Crippen LogP contribution in [0.2, 0.25) is 0 Å². The van der Waals surface area contributed by atoms with Gasteiger partial charge < -0.3 is 38.6 Å². The van der Waals surface area contributed by atoms with Crippen molar-refractivity contribution in [2.75, 3.05) is 26.4 Å². The number of carboxylic acids is 1. The lowest BCUT2D eigenvalue weighted by Crippen LogP contribution is -2.62. The van der Waals surface area contributed by atoms with Gasteiger partial charge in [0.2, 0.25) is 0 Å². The summed E-state index contributed by atoms with van der Waals surface area (Å²) in [6, 6.07) is 0. The second-order valence-electron chi connectivity index (χ2n) is 10.8. The molecule has 1 aliphatic rings. The number of carbonyl (C=O) groups excluding carboxylic acids is 1. The summed E-state index contributed by atoms with van der Waals surface area (Å²) in [5, 5.41) is 19.3. The van der Waals surface area contributed by atoms with Crippen molar-refractivity contribution in [2.45, 2.75) is 148 Å². The number of hydrogen-bond donors (Lipinski definition) is 2. The standard InChI is InChI=1S/C29H54O10/c1-7-11-15-34-25-22(20-37-24(32)19-29(6,33)18-23(30)31)39-28(38-21(5)14-10-4)27(36-17-13-9-3)26(25)35-16-12-8-2/h21-22,25-28,33H,7-20H2,1-6H3,(H,30,31)/t21-,22-,25-,26+,27-,28-,29?/m1/s1. The number of rotatable bonds is 22. The van der Waals surface area contributed by atoms with Crippen LogP contribution in [0.4, 0.5) is 0 Å². The molecule has 1 saturated heterocycles. The molecular weight excluding hydrogens is 508 g/mol. The molecule has 1 unspecified atom stereocenters. The largest absolute Gasteiger partial charge is 0.481 e. The van der Waals surface area contributed by atoms with Crippen LogP contribution in [0.5, 0.6) is 0 Å². The van der Waals surface area contributed by atoms with Crippen molar-refractivity contribution in [3.05, 3.63) is 0 Å². The molecule has 230 valence electrons. The zero-order chi connectivity index (χ0) is 29.3. The number of carboxylic acid groups (broad SMARTS) is 1. The van der Waals surface area contributed by atoms with Crippen molar-refractivity contribution in [1.82, 2.24) is 0 Å². The molecule has 0 bridgehead atoms. The van der Waals surface area contributed by atoms with Crippen molar-refractivity contribution < 1.29 is 48.2 Å². The highest BCUT2D eigenvalue weighted by Crippen LogP contribution is 2.31. The Labute approximate surface area is 235 Å². The van der Waals surface area contributed by atoms with E-state index >= 15 is 0 Å². The van der Waals surface area contributed by atoms with Gasteiger partial charge in [0.05, 0.1) is 24.5 Å². The van der Waals surface area contributed by atoms with E-state index in [1.54, 1.807) is 0 Å². The zero-order valence-electron chi connectivity index (χ0n) is 25.0. The predicted molar refractivity (Wildman–Crippen MR) is 147 cm³/mol. The second kappa shape index (κ2) is 19.7. The van der Waals surface area contributed by atoms with Crippen molar-refractivity contribution in [3.63, 3.8) is 0 Å². The summed E-state index contributed by atoms with van der Waals surface area (Å²) in [6.07, 6.45) is 3.12. The number of esters is 1. The summed E-state index contributed by atoms with van der Waals surface area (Å²) in [4.78, 5) is 23.6. The number of aliphatic carboxylic acids is 1. The maximum atomic E-state index is 12.6. The predicted octanol–water partition coefficient (Wildman–Crippen LogP) is 4.63. The van der Waals surface area contributed by atoms with Crippen LogP contribution >= 0.6 is 0 Å². The molecule has 0 spiro atoms.